The van der Waals surface area contributed by atoms with E-state index in [4.69, 9.17) is 0 Å². The van der Waals surface area contributed by atoms with Gasteiger partial charge in [-0.25, -0.2) is 8.78 Å². The van der Waals surface area contributed by atoms with Crippen LogP contribution in [-0.4, -0.2) is 30.4 Å². The Balaban J connectivity index is 1.46. The second-order valence-corrected chi connectivity index (χ2v) is 6.88. The Bertz CT molecular complexity index is 716. The van der Waals surface area contributed by atoms with Gasteiger partial charge in [-0.3, -0.25) is 9.69 Å². The summed E-state index contributed by atoms with van der Waals surface area (Å²) in [6, 6.07) is 13.7. The molecule has 3 rings (SSSR count). The molecule has 1 amide bonds. The molecule has 1 heterocycles. The van der Waals surface area contributed by atoms with Crippen molar-refractivity contribution in [3.63, 3.8) is 0 Å². The Labute approximate surface area is 153 Å². The zero-order chi connectivity index (χ0) is 18.4. The number of hydrogen-bond acceptors (Lipinski definition) is 2. The molecule has 0 saturated carbocycles. The van der Waals surface area contributed by atoms with Crippen molar-refractivity contribution in [3.8, 4) is 0 Å². The van der Waals surface area contributed by atoms with Gasteiger partial charge in [-0.15, -0.1) is 0 Å². The van der Waals surface area contributed by atoms with Gasteiger partial charge in [0.05, 0.1) is 5.92 Å². The van der Waals surface area contributed by atoms with E-state index in [9.17, 15) is 13.6 Å². The second kappa shape index (κ2) is 8.90. The van der Waals surface area contributed by atoms with Gasteiger partial charge in [-0.1, -0.05) is 30.3 Å². The van der Waals surface area contributed by atoms with E-state index >= 15 is 0 Å². The monoisotopic (exact) mass is 358 g/mol. The van der Waals surface area contributed by atoms with Gasteiger partial charge < -0.3 is 5.32 Å². The van der Waals surface area contributed by atoms with Gasteiger partial charge in [0.2, 0.25) is 5.91 Å². The van der Waals surface area contributed by atoms with Crippen LogP contribution in [0.2, 0.25) is 0 Å². The lowest BCUT2D eigenvalue weighted by molar-refractivity contribution is -0.126. The summed E-state index contributed by atoms with van der Waals surface area (Å²) in [5, 5.41) is 2.91. The fourth-order valence-corrected chi connectivity index (χ4v) is 3.48. The molecule has 1 N–H and O–H groups in total. The lowest BCUT2D eigenvalue weighted by Crippen LogP contribution is -2.43. The summed E-state index contributed by atoms with van der Waals surface area (Å²) in [6.45, 7) is 2.99. The number of carbonyl (C=O) groups excluding carboxylic acids is 1. The van der Waals surface area contributed by atoms with Crippen molar-refractivity contribution in [1.29, 1.82) is 0 Å². The van der Waals surface area contributed by atoms with Crippen LogP contribution in [0.4, 0.5) is 8.78 Å². The molecule has 0 aliphatic carbocycles. The molecule has 0 bridgehead atoms. The number of rotatable bonds is 6. The molecule has 1 aliphatic heterocycles. The molecule has 1 fully saturated rings. The fraction of sp³-hybridized carbons (Fsp3) is 0.381. The van der Waals surface area contributed by atoms with Gasteiger partial charge in [0.1, 0.15) is 11.6 Å². The summed E-state index contributed by atoms with van der Waals surface area (Å²) in [4.78, 5) is 14.7. The summed E-state index contributed by atoms with van der Waals surface area (Å²) in [5.74, 6) is -1.18. The Morgan fingerprint density at radius 2 is 1.81 bits per heavy atom. The van der Waals surface area contributed by atoms with Crippen LogP contribution in [0.1, 0.15) is 24.0 Å². The first kappa shape index (κ1) is 18.5. The van der Waals surface area contributed by atoms with Crippen LogP contribution in [0, 0.1) is 17.6 Å². The first-order valence-corrected chi connectivity index (χ1v) is 9.09. The van der Waals surface area contributed by atoms with E-state index in [2.05, 4.69) is 22.3 Å². The minimum absolute atomic E-state index is 0.0274. The van der Waals surface area contributed by atoms with Crippen molar-refractivity contribution in [2.45, 2.75) is 25.8 Å². The van der Waals surface area contributed by atoms with Crippen LogP contribution in [0.3, 0.4) is 0 Å². The smallest absolute Gasteiger partial charge is 0.224 e. The zero-order valence-corrected chi connectivity index (χ0v) is 14.8. The lowest BCUT2D eigenvalue weighted by Gasteiger charge is -2.32. The second-order valence-electron chi connectivity index (χ2n) is 6.88. The topological polar surface area (TPSA) is 32.3 Å². The maximum absolute atomic E-state index is 13.2. The lowest BCUT2D eigenvalue weighted by atomic mass is 9.96. The van der Waals surface area contributed by atoms with Crippen LogP contribution in [0.25, 0.3) is 0 Å². The highest BCUT2D eigenvalue weighted by Crippen LogP contribution is 2.19. The largest absolute Gasteiger partial charge is 0.355 e. The van der Waals surface area contributed by atoms with E-state index in [0.29, 0.717) is 18.5 Å². The summed E-state index contributed by atoms with van der Waals surface area (Å²) in [7, 11) is 0. The molecule has 0 aromatic heterocycles. The molecule has 1 saturated heterocycles. The molecule has 2 aromatic carbocycles. The van der Waals surface area contributed by atoms with Gasteiger partial charge in [0.15, 0.2) is 0 Å². The zero-order valence-electron chi connectivity index (χ0n) is 14.8. The minimum atomic E-state index is -0.588. The third-order valence-electron chi connectivity index (χ3n) is 4.76. The molecule has 138 valence electrons. The molecular weight excluding hydrogens is 334 g/mol. The normalized spacial score (nSPS) is 17.8. The van der Waals surface area contributed by atoms with Crippen LogP contribution in [-0.2, 0) is 17.8 Å². The number of piperidine rings is 1. The molecule has 0 spiro atoms. The van der Waals surface area contributed by atoms with Crippen molar-refractivity contribution >= 4 is 5.91 Å². The third kappa shape index (κ3) is 5.36. The van der Waals surface area contributed by atoms with Crippen molar-refractivity contribution in [1.82, 2.24) is 10.2 Å². The summed E-state index contributed by atoms with van der Waals surface area (Å²) in [6.07, 6.45) is 2.30. The average Bonchev–Trinajstić information content (AvgIpc) is 2.62. The highest BCUT2D eigenvalue weighted by molar-refractivity contribution is 5.78. The van der Waals surface area contributed by atoms with E-state index in [1.54, 1.807) is 0 Å². The van der Waals surface area contributed by atoms with Crippen LogP contribution < -0.4 is 5.32 Å². The number of halogens is 2. The van der Waals surface area contributed by atoms with E-state index in [-0.39, 0.29) is 11.8 Å². The molecule has 1 atom stereocenters. The van der Waals surface area contributed by atoms with Crippen molar-refractivity contribution in [2.75, 3.05) is 19.6 Å². The maximum Gasteiger partial charge on any atom is 0.224 e. The number of likely N-dealkylation sites (tertiary alicyclic amines) is 1. The Hall–Kier alpha value is -2.27. The van der Waals surface area contributed by atoms with Gasteiger partial charge in [0, 0.05) is 25.7 Å². The van der Waals surface area contributed by atoms with Crippen molar-refractivity contribution in [3.05, 3.63) is 71.3 Å². The number of nitrogens with zero attached hydrogens (tertiary/aromatic N) is 1. The highest BCUT2D eigenvalue weighted by atomic mass is 19.1. The molecule has 3 nitrogen and oxygen atoms in total. The van der Waals surface area contributed by atoms with Gasteiger partial charge in [-0.2, -0.15) is 0 Å². The Kier molecular flexibility index (Phi) is 6.34. The molecule has 1 aliphatic rings. The first-order chi connectivity index (χ1) is 12.6. The number of benzene rings is 2. The molecule has 1 unspecified atom stereocenters. The fourth-order valence-electron chi connectivity index (χ4n) is 3.48. The van der Waals surface area contributed by atoms with Crippen LogP contribution in [0.5, 0.6) is 0 Å². The van der Waals surface area contributed by atoms with Gasteiger partial charge in [-0.05, 0) is 49.1 Å². The van der Waals surface area contributed by atoms with Crippen molar-refractivity contribution < 1.29 is 13.6 Å². The third-order valence-corrected chi connectivity index (χ3v) is 4.76. The van der Waals surface area contributed by atoms with Crippen LogP contribution >= 0.6 is 0 Å². The number of hydrogen-bond donors (Lipinski definition) is 1. The van der Waals surface area contributed by atoms with E-state index < -0.39 is 11.6 Å². The molecular formula is C21H24F2N2O. The first-order valence-electron chi connectivity index (χ1n) is 9.09. The SMILES string of the molecule is O=C(NCCc1cc(F)cc(F)c1)C1CCCN(Cc2ccccc2)C1. The Morgan fingerprint density at radius 3 is 2.54 bits per heavy atom. The number of nitrogens with one attached hydrogen (secondary N) is 1. The minimum Gasteiger partial charge on any atom is -0.355 e. The highest BCUT2D eigenvalue weighted by Gasteiger charge is 2.25. The molecule has 0 radical (unpaired) electrons. The molecule has 5 heteroatoms. The van der Waals surface area contributed by atoms with E-state index in [1.807, 2.05) is 18.2 Å². The Morgan fingerprint density at radius 1 is 1.08 bits per heavy atom. The van der Waals surface area contributed by atoms with Crippen LogP contribution in [0.15, 0.2) is 48.5 Å². The molecule has 2 aromatic rings. The number of amides is 1. The predicted molar refractivity (Wildman–Crippen MR) is 97.5 cm³/mol. The van der Waals surface area contributed by atoms with E-state index in [1.165, 1.54) is 17.7 Å². The average molecular weight is 358 g/mol. The van der Waals surface area contributed by atoms with E-state index in [0.717, 1.165) is 38.5 Å². The van der Waals surface area contributed by atoms with Crippen molar-refractivity contribution in [2.24, 2.45) is 5.92 Å². The summed E-state index contributed by atoms with van der Waals surface area (Å²) < 4.78 is 26.4. The summed E-state index contributed by atoms with van der Waals surface area (Å²) in [5.41, 5.74) is 1.80. The quantitative estimate of drug-likeness (QED) is 0.857. The predicted octanol–water partition coefficient (Wildman–Crippen LogP) is 3.54. The van der Waals surface area contributed by atoms with Gasteiger partial charge >= 0.3 is 0 Å². The molecule has 26 heavy (non-hydrogen) atoms. The number of carbonyl (C=O) groups is 1. The standard InChI is InChI=1S/C21H24F2N2O/c22-19-11-17(12-20(23)13-19)8-9-24-21(26)18-7-4-10-25(15-18)14-16-5-2-1-3-6-16/h1-3,5-6,11-13,18H,4,7-10,14-15H2,(H,24,26). The summed E-state index contributed by atoms with van der Waals surface area (Å²) >= 11 is 0. The maximum atomic E-state index is 13.2. The van der Waals surface area contributed by atoms with Gasteiger partial charge in [0.25, 0.3) is 0 Å².